The van der Waals surface area contributed by atoms with Crippen molar-refractivity contribution in [3.8, 4) is 0 Å². The highest BCUT2D eigenvalue weighted by Crippen LogP contribution is 2.37. The number of H-pyrrole nitrogens is 1. The molecule has 2 heterocycles. The Labute approximate surface area is 187 Å². The summed E-state index contributed by atoms with van der Waals surface area (Å²) in [4.78, 5) is 22.9. The summed E-state index contributed by atoms with van der Waals surface area (Å²) in [6, 6.07) is 4.35. The number of fused-ring (bicyclic) bond motifs is 1. The lowest BCUT2D eigenvalue weighted by atomic mass is 9.91. The van der Waals surface area contributed by atoms with E-state index in [1.165, 1.54) is 24.1 Å². The van der Waals surface area contributed by atoms with Gasteiger partial charge in [-0.25, -0.2) is 4.98 Å². The van der Waals surface area contributed by atoms with Gasteiger partial charge in [0.2, 0.25) is 5.91 Å². The van der Waals surface area contributed by atoms with Gasteiger partial charge in [-0.05, 0) is 80.2 Å². The number of aromatic amines is 1. The molecule has 1 aromatic carbocycles. The quantitative estimate of drug-likeness (QED) is 0.665. The van der Waals surface area contributed by atoms with Gasteiger partial charge in [-0.15, -0.1) is 0 Å². The molecule has 30 heavy (non-hydrogen) atoms. The third-order valence-corrected chi connectivity index (χ3v) is 7.68. The fraction of sp³-hybridized carbons (Fsp3) is 0.500. The van der Waals surface area contributed by atoms with Crippen LogP contribution in [0.15, 0.2) is 24.5 Å². The molecule has 3 aliphatic rings. The molecule has 4 nitrogen and oxygen atoms in total. The lowest BCUT2D eigenvalue weighted by Gasteiger charge is -2.31. The molecule has 0 bridgehead atoms. The molecule has 1 aromatic heterocycles. The van der Waals surface area contributed by atoms with E-state index in [9.17, 15) is 4.79 Å². The van der Waals surface area contributed by atoms with E-state index in [4.69, 9.17) is 23.2 Å². The molecule has 0 saturated carbocycles. The second-order valence-corrected chi connectivity index (χ2v) is 9.65. The minimum Gasteiger partial charge on any atom is -0.348 e. The molecule has 1 fully saturated rings. The van der Waals surface area contributed by atoms with E-state index < -0.39 is 0 Å². The van der Waals surface area contributed by atoms with Gasteiger partial charge in [-0.3, -0.25) is 4.79 Å². The van der Waals surface area contributed by atoms with Gasteiger partial charge in [0, 0.05) is 40.7 Å². The molecule has 2 atom stereocenters. The summed E-state index contributed by atoms with van der Waals surface area (Å²) in [6.07, 6.45) is 13.0. The number of likely N-dealkylation sites (tertiary alicyclic amines) is 1. The number of rotatable bonds is 4. The number of allylic oxidation sites excluding steroid dienone is 2. The Hall–Kier alpha value is -1.78. The number of imidazole rings is 1. The van der Waals surface area contributed by atoms with Crippen molar-refractivity contribution in [1.29, 1.82) is 0 Å². The predicted octanol–water partition coefficient (Wildman–Crippen LogP) is 5.62. The molecule has 2 aliphatic carbocycles. The van der Waals surface area contributed by atoms with Crippen molar-refractivity contribution in [2.75, 3.05) is 6.54 Å². The van der Waals surface area contributed by atoms with Crippen LogP contribution in [0.4, 0.5) is 0 Å². The number of aryl methyl sites for hydroxylation is 1. The maximum Gasteiger partial charge on any atom is 0.226 e. The number of nitrogens with one attached hydrogen (secondary N) is 1. The molecular weight excluding hydrogens is 417 g/mol. The lowest BCUT2D eigenvalue weighted by Crippen LogP contribution is -2.41. The predicted molar refractivity (Wildman–Crippen MR) is 121 cm³/mol. The molecule has 1 amide bonds. The Morgan fingerprint density at radius 3 is 2.73 bits per heavy atom. The molecule has 1 unspecified atom stereocenters. The van der Waals surface area contributed by atoms with Crippen molar-refractivity contribution in [1.82, 2.24) is 14.9 Å². The van der Waals surface area contributed by atoms with Crippen LogP contribution < -0.4 is 0 Å². The molecule has 1 N–H and O–H groups in total. The first-order valence-electron chi connectivity index (χ1n) is 11.1. The maximum atomic E-state index is 13.2. The first-order valence-corrected chi connectivity index (χ1v) is 11.8. The van der Waals surface area contributed by atoms with Crippen molar-refractivity contribution < 1.29 is 4.79 Å². The molecular formula is C24H27Cl2N3O. The monoisotopic (exact) mass is 443 g/mol. The van der Waals surface area contributed by atoms with Gasteiger partial charge in [-0.1, -0.05) is 29.3 Å². The molecule has 2 aromatic rings. The first-order chi connectivity index (χ1) is 14.6. The normalized spacial score (nSPS) is 24.1. The smallest absolute Gasteiger partial charge is 0.226 e. The molecule has 0 radical (unpaired) electrons. The van der Waals surface area contributed by atoms with Crippen LogP contribution in [0.5, 0.6) is 0 Å². The standard InChI is InChI=1S/C24H27Cl2N3O/c25-20-11-17(15-4-2-1-3-5-15)12-21(26)19(20)10-16-8-9-29(24(16)30)18-6-7-22-23(13-18)28-14-27-22/h4,11-12,14,16,18H,1-3,5-10,13H2,(H,27,28)/t16-,18?/m0/s1. The summed E-state index contributed by atoms with van der Waals surface area (Å²) in [5.74, 6) is 0.206. The number of amides is 1. The SMILES string of the molecule is O=C1[C@H](Cc2c(Cl)cc(C3=CCCCC3)cc2Cl)CCN1C1CCc2nc[nH]c2C1. The van der Waals surface area contributed by atoms with Crippen molar-refractivity contribution in [3.63, 3.8) is 0 Å². The lowest BCUT2D eigenvalue weighted by molar-refractivity contribution is -0.133. The highest BCUT2D eigenvalue weighted by atomic mass is 35.5. The first kappa shape index (κ1) is 20.1. The molecule has 1 saturated heterocycles. The second-order valence-electron chi connectivity index (χ2n) is 8.84. The van der Waals surface area contributed by atoms with Crippen LogP contribution in [0.2, 0.25) is 10.0 Å². The van der Waals surface area contributed by atoms with Crippen molar-refractivity contribution in [2.45, 2.75) is 63.8 Å². The van der Waals surface area contributed by atoms with E-state index in [1.807, 2.05) is 12.1 Å². The number of halogens is 2. The summed E-state index contributed by atoms with van der Waals surface area (Å²) >= 11 is 13.3. The van der Waals surface area contributed by atoms with Gasteiger partial charge in [-0.2, -0.15) is 0 Å². The van der Waals surface area contributed by atoms with Crippen LogP contribution in [0.1, 0.15) is 61.0 Å². The Morgan fingerprint density at radius 1 is 1.13 bits per heavy atom. The van der Waals surface area contributed by atoms with E-state index in [1.54, 1.807) is 6.33 Å². The zero-order valence-corrected chi connectivity index (χ0v) is 18.6. The third kappa shape index (κ3) is 3.80. The van der Waals surface area contributed by atoms with Crippen molar-refractivity contribution in [3.05, 3.63) is 57.1 Å². The summed E-state index contributed by atoms with van der Waals surface area (Å²) in [7, 11) is 0. The van der Waals surface area contributed by atoms with Crippen LogP contribution in [0, 0.1) is 5.92 Å². The summed E-state index contributed by atoms with van der Waals surface area (Å²) in [6.45, 7) is 0.817. The van der Waals surface area contributed by atoms with E-state index in [0.717, 1.165) is 61.9 Å². The van der Waals surface area contributed by atoms with Gasteiger partial charge in [0.25, 0.3) is 0 Å². The zero-order valence-electron chi connectivity index (χ0n) is 17.1. The Balaban J connectivity index is 1.29. The Bertz CT molecular complexity index is 973. The topological polar surface area (TPSA) is 49.0 Å². The van der Waals surface area contributed by atoms with Crippen LogP contribution in [-0.4, -0.2) is 33.4 Å². The van der Waals surface area contributed by atoms with Gasteiger partial charge >= 0.3 is 0 Å². The Morgan fingerprint density at radius 2 is 1.97 bits per heavy atom. The van der Waals surface area contributed by atoms with E-state index in [-0.39, 0.29) is 17.9 Å². The van der Waals surface area contributed by atoms with E-state index in [0.29, 0.717) is 16.5 Å². The van der Waals surface area contributed by atoms with Gasteiger partial charge in [0.15, 0.2) is 0 Å². The van der Waals surface area contributed by atoms with Gasteiger partial charge in [0.1, 0.15) is 0 Å². The van der Waals surface area contributed by atoms with Gasteiger partial charge < -0.3 is 9.88 Å². The minimum absolute atomic E-state index is 0.0390. The third-order valence-electron chi connectivity index (χ3n) is 7.01. The number of hydrogen-bond acceptors (Lipinski definition) is 2. The van der Waals surface area contributed by atoms with Crippen molar-refractivity contribution in [2.24, 2.45) is 5.92 Å². The van der Waals surface area contributed by atoms with Crippen LogP contribution in [0.3, 0.4) is 0 Å². The fourth-order valence-corrected chi connectivity index (χ4v) is 5.94. The van der Waals surface area contributed by atoms with Gasteiger partial charge in [0.05, 0.1) is 12.0 Å². The molecule has 0 spiro atoms. The van der Waals surface area contributed by atoms with Crippen molar-refractivity contribution >= 4 is 34.7 Å². The van der Waals surface area contributed by atoms with E-state index in [2.05, 4.69) is 20.9 Å². The van der Waals surface area contributed by atoms with Crippen LogP contribution in [0.25, 0.3) is 5.57 Å². The van der Waals surface area contributed by atoms with Crippen LogP contribution in [-0.2, 0) is 24.1 Å². The highest BCUT2D eigenvalue weighted by molar-refractivity contribution is 6.36. The van der Waals surface area contributed by atoms with E-state index >= 15 is 0 Å². The number of aromatic nitrogens is 2. The average Bonchev–Trinajstić information content (AvgIpc) is 3.37. The molecule has 1 aliphatic heterocycles. The Kier molecular flexibility index (Phi) is 5.63. The molecule has 6 heteroatoms. The molecule has 5 rings (SSSR count). The average molecular weight is 444 g/mol. The number of nitrogens with zero attached hydrogens (tertiary/aromatic N) is 2. The number of hydrogen-bond donors (Lipinski definition) is 1. The summed E-state index contributed by atoms with van der Waals surface area (Å²) in [5, 5.41) is 1.38. The maximum absolute atomic E-state index is 13.2. The second kappa shape index (κ2) is 8.39. The highest BCUT2D eigenvalue weighted by Gasteiger charge is 2.38. The zero-order chi connectivity index (χ0) is 20.7. The summed E-state index contributed by atoms with van der Waals surface area (Å²) < 4.78 is 0. The molecule has 158 valence electrons. The largest absolute Gasteiger partial charge is 0.348 e. The number of carbonyl (C=O) groups excluding carboxylic acids is 1. The fourth-order valence-electron chi connectivity index (χ4n) is 5.29. The minimum atomic E-state index is -0.0390. The van der Waals surface area contributed by atoms with Crippen LogP contribution >= 0.6 is 23.2 Å². The number of benzene rings is 1. The number of carbonyl (C=O) groups is 1. The summed E-state index contributed by atoms with van der Waals surface area (Å²) in [5.41, 5.74) is 5.72.